The van der Waals surface area contributed by atoms with E-state index >= 15 is 0 Å². The van der Waals surface area contributed by atoms with E-state index in [2.05, 4.69) is 26.0 Å². The number of hydrogen-bond acceptors (Lipinski definition) is 7. The van der Waals surface area contributed by atoms with E-state index in [9.17, 15) is 9.59 Å². The van der Waals surface area contributed by atoms with Gasteiger partial charge in [-0.05, 0) is 0 Å². The number of nitrogens with two attached hydrogens (primary N) is 1. The Labute approximate surface area is 144 Å². The number of esters is 1. The number of para-hydroxylation sites is 1. The SMILES string of the molecule is CCOC(=O)c1c(N)nc([Se])nc1-c1coc2ccccc2c1=O. The van der Waals surface area contributed by atoms with Gasteiger partial charge >= 0.3 is 144 Å². The van der Waals surface area contributed by atoms with Crippen LogP contribution in [-0.4, -0.2) is 38.6 Å². The molecule has 0 saturated heterocycles. The van der Waals surface area contributed by atoms with Crippen LogP contribution in [0.15, 0.2) is 39.7 Å². The third-order valence-electron chi connectivity index (χ3n) is 3.33. The molecule has 2 aromatic heterocycles. The number of anilines is 1. The molecule has 24 heavy (non-hydrogen) atoms. The first-order valence-electron chi connectivity index (χ1n) is 7.05. The van der Waals surface area contributed by atoms with Gasteiger partial charge in [0.1, 0.15) is 0 Å². The molecule has 121 valence electrons. The fourth-order valence-electron chi connectivity index (χ4n) is 2.30. The van der Waals surface area contributed by atoms with Crippen LogP contribution in [0.3, 0.4) is 0 Å². The molecule has 3 rings (SSSR count). The van der Waals surface area contributed by atoms with E-state index in [-0.39, 0.29) is 39.4 Å². The molecule has 2 N–H and O–H groups in total. The van der Waals surface area contributed by atoms with Gasteiger partial charge in [-0.3, -0.25) is 0 Å². The molecule has 0 unspecified atom stereocenters. The van der Waals surface area contributed by atoms with E-state index in [4.69, 9.17) is 14.9 Å². The molecule has 7 nitrogen and oxygen atoms in total. The van der Waals surface area contributed by atoms with Crippen molar-refractivity contribution in [2.45, 2.75) is 6.92 Å². The number of hydrogen-bond donors (Lipinski definition) is 1. The molecule has 0 bridgehead atoms. The maximum atomic E-state index is 12.8. The van der Waals surface area contributed by atoms with Gasteiger partial charge in [0.15, 0.2) is 0 Å². The first-order valence-corrected chi connectivity index (χ1v) is 7.91. The molecule has 0 aliphatic heterocycles. The molecule has 8 heteroatoms. The van der Waals surface area contributed by atoms with Crippen LogP contribution in [0.1, 0.15) is 17.3 Å². The number of nitrogens with zero attached hydrogens (tertiary/aromatic N) is 2. The van der Waals surface area contributed by atoms with E-state index in [0.29, 0.717) is 11.0 Å². The van der Waals surface area contributed by atoms with Crippen molar-refractivity contribution < 1.29 is 13.9 Å². The van der Waals surface area contributed by atoms with Gasteiger partial charge < -0.3 is 0 Å². The fraction of sp³-hybridized carbons (Fsp3) is 0.125. The Balaban J connectivity index is 2.32. The predicted octanol–water partition coefficient (Wildman–Crippen LogP) is 0.803. The Morgan fingerprint density at radius 3 is 2.83 bits per heavy atom. The van der Waals surface area contributed by atoms with Crippen LogP contribution in [0.2, 0.25) is 0 Å². The molecule has 0 aliphatic carbocycles. The summed E-state index contributed by atoms with van der Waals surface area (Å²) in [7, 11) is 0. The van der Waals surface area contributed by atoms with Gasteiger partial charge in [0.2, 0.25) is 0 Å². The van der Waals surface area contributed by atoms with Crippen LogP contribution in [0, 0.1) is 0 Å². The molecule has 0 atom stereocenters. The summed E-state index contributed by atoms with van der Waals surface area (Å²) in [5, 5.41) is 0.378. The minimum absolute atomic E-state index is 0.0570. The van der Waals surface area contributed by atoms with E-state index in [1.54, 1.807) is 31.2 Å². The van der Waals surface area contributed by atoms with Crippen LogP contribution in [0.4, 0.5) is 5.82 Å². The quantitative estimate of drug-likeness (QED) is 0.522. The summed E-state index contributed by atoms with van der Waals surface area (Å²) in [6.45, 7) is 1.82. The van der Waals surface area contributed by atoms with Gasteiger partial charge in [-0.2, -0.15) is 0 Å². The monoisotopic (exact) mass is 390 g/mol. The normalized spacial score (nSPS) is 10.7. The Bertz CT molecular complexity index is 1000. The van der Waals surface area contributed by atoms with Crippen LogP contribution >= 0.6 is 0 Å². The van der Waals surface area contributed by atoms with Crippen LogP contribution in [0.25, 0.3) is 22.2 Å². The van der Waals surface area contributed by atoms with Crippen molar-refractivity contribution in [3.8, 4) is 11.3 Å². The molecule has 2 heterocycles. The molecule has 0 spiro atoms. The summed E-state index contributed by atoms with van der Waals surface area (Å²) in [4.78, 5) is 33.1. The summed E-state index contributed by atoms with van der Waals surface area (Å²) < 4.78 is 10.7. The van der Waals surface area contributed by atoms with Crippen molar-refractivity contribution in [1.29, 1.82) is 0 Å². The fourth-order valence-corrected chi connectivity index (χ4v) is 2.70. The number of fused-ring (bicyclic) bond motifs is 1. The van der Waals surface area contributed by atoms with Crippen molar-refractivity contribution in [3.05, 3.63) is 46.3 Å². The van der Waals surface area contributed by atoms with Crippen LogP contribution in [0.5, 0.6) is 0 Å². The zero-order valence-electron chi connectivity index (χ0n) is 12.6. The number of ether oxygens (including phenoxy) is 1. The average Bonchev–Trinajstić information content (AvgIpc) is 2.55. The van der Waals surface area contributed by atoms with E-state index in [0.717, 1.165) is 0 Å². The number of nitrogen functional groups attached to an aromatic ring is 1. The summed E-state index contributed by atoms with van der Waals surface area (Å²) >= 11 is 2.62. The third kappa shape index (κ3) is 2.77. The van der Waals surface area contributed by atoms with Crippen molar-refractivity contribution in [2.24, 2.45) is 0 Å². The molecule has 0 aliphatic rings. The van der Waals surface area contributed by atoms with Gasteiger partial charge in [-0.25, -0.2) is 0 Å². The first-order chi connectivity index (χ1) is 11.5. The Morgan fingerprint density at radius 1 is 1.33 bits per heavy atom. The Kier molecular flexibility index (Phi) is 4.33. The molecule has 3 aromatic rings. The summed E-state index contributed by atoms with van der Waals surface area (Å²) in [5.74, 6) is -0.766. The second kappa shape index (κ2) is 6.43. The number of carbonyl (C=O) groups excluding carboxylic acids is 1. The number of benzene rings is 1. The number of aromatic nitrogens is 2. The summed E-state index contributed by atoms with van der Waals surface area (Å²) in [6, 6.07) is 6.80. The average molecular weight is 389 g/mol. The van der Waals surface area contributed by atoms with Gasteiger partial charge in [0.25, 0.3) is 0 Å². The predicted molar refractivity (Wildman–Crippen MR) is 89.3 cm³/mol. The van der Waals surface area contributed by atoms with Gasteiger partial charge in [-0.15, -0.1) is 0 Å². The first kappa shape index (κ1) is 16.2. The summed E-state index contributed by atoms with van der Waals surface area (Å²) in [5.41, 5.74) is 6.10. The molecule has 0 fully saturated rings. The molecule has 1 aromatic carbocycles. The maximum absolute atomic E-state index is 12.8. The topological polar surface area (TPSA) is 108 Å². The molecular formula is C16H12N3O4Se. The van der Waals surface area contributed by atoms with Gasteiger partial charge in [0.05, 0.1) is 0 Å². The van der Waals surface area contributed by atoms with Crippen molar-refractivity contribution in [2.75, 3.05) is 12.3 Å². The van der Waals surface area contributed by atoms with E-state index < -0.39 is 5.97 Å². The molecule has 1 radical (unpaired) electrons. The number of rotatable bonds is 3. The van der Waals surface area contributed by atoms with Crippen molar-refractivity contribution in [1.82, 2.24) is 9.97 Å². The second-order valence-corrected chi connectivity index (χ2v) is 5.58. The Morgan fingerprint density at radius 2 is 2.08 bits per heavy atom. The summed E-state index contributed by atoms with van der Waals surface area (Å²) in [6.07, 6.45) is 1.26. The molecular weight excluding hydrogens is 377 g/mol. The zero-order valence-corrected chi connectivity index (χ0v) is 14.3. The Hall–Kier alpha value is -2.70. The minimum atomic E-state index is -0.697. The van der Waals surface area contributed by atoms with Crippen LogP contribution in [-0.2, 0) is 4.74 Å². The van der Waals surface area contributed by atoms with Gasteiger partial charge in [-0.1, -0.05) is 0 Å². The van der Waals surface area contributed by atoms with E-state index in [1.807, 2.05) is 0 Å². The molecule has 0 saturated carbocycles. The standard InChI is InChI=1S/C16H12N3O4Se/c1-2-22-15(21)11-12(18-16(24)19-14(11)17)9-7-23-10-6-4-3-5-8(10)13(9)20/h3-7H,2H2,1H3,(H2,17,18,19). The van der Waals surface area contributed by atoms with Gasteiger partial charge in [0, 0.05) is 0 Å². The van der Waals surface area contributed by atoms with Crippen molar-refractivity contribution in [3.63, 3.8) is 0 Å². The van der Waals surface area contributed by atoms with Crippen LogP contribution < -0.4 is 15.9 Å². The third-order valence-corrected chi connectivity index (χ3v) is 3.71. The zero-order chi connectivity index (χ0) is 17.3. The molecule has 0 amide bonds. The second-order valence-electron chi connectivity index (χ2n) is 4.81. The van der Waals surface area contributed by atoms with E-state index in [1.165, 1.54) is 6.26 Å². The number of carbonyl (C=O) groups is 1. The van der Waals surface area contributed by atoms with Crippen molar-refractivity contribution >= 4 is 43.5 Å².